The molecule has 24 heavy (non-hydrogen) atoms. The summed E-state index contributed by atoms with van der Waals surface area (Å²) in [6, 6.07) is 7.59. The van der Waals surface area contributed by atoms with Gasteiger partial charge in [-0.15, -0.1) is 0 Å². The summed E-state index contributed by atoms with van der Waals surface area (Å²) >= 11 is 6.07. The van der Waals surface area contributed by atoms with Crippen LogP contribution in [0, 0.1) is 0 Å². The Labute approximate surface area is 146 Å². The first-order valence-electron chi connectivity index (χ1n) is 8.40. The van der Waals surface area contributed by atoms with Crippen molar-refractivity contribution < 1.29 is 9.53 Å². The smallest absolute Gasteiger partial charge is 0.339 e. The Bertz CT molecular complexity index is 806. The van der Waals surface area contributed by atoms with Crippen LogP contribution in [-0.4, -0.2) is 17.6 Å². The minimum atomic E-state index is -0.261. The van der Waals surface area contributed by atoms with Crippen LogP contribution >= 0.6 is 11.6 Å². The van der Waals surface area contributed by atoms with E-state index in [1.165, 1.54) is 5.56 Å². The first-order chi connectivity index (χ1) is 11.7. The van der Waals surface area contributed by atoms with Gasteiger partial charge >= 0.3 is 5.97 Å². The Balaban J connectivity index is 1.76. The molecule has 1 heterocycles. The van der Waals surface area contributed by atoms with Gasteiger partial charge in [-0.25, -0.2) is 9.78 Å². The van der Waals surface area contributed by atoms with E-state index in [1.807, 2.05) is 31.2 Å². The largest absolute Gasteiger partial charge is 0.462 e. The number of benzene rings is 1. The van der Waals surface area contributed by atoms with Gasteiger partial charge in [0.25, 0.3) is 0 Å². The summed E-state index contributed by atoms with van der Waals surface area (Å²) in [7, 11) is 0. The van der Waals surface area contributed by atoms with E-state index in [0.29, 0.717) is 29.0 Å². The van der Waals surface area contributed by atoms with Crippen molar-refractivity contribution in [1.82, 2.24) is 4.98 Å². The standard InChI is InChI=1S/C19H19ClN2O2/c1-2-24-19(23)15-10-21-18(22-14-5-3-4-13(20)9-14)17-12-7-6-11(8-12)16(15)17/h3-5,9-12H,2,6-8H2,1H3,(H,21,22). The summed E-state index contributed by atoms with van der Waals surface area (Å²) in [5, 5.41) is 4.06. The van der Waals surface area contributed by atoms with Crippen molar-refractivity contribution in [3.05, 3.63) is 52.2 Å². The second kappa shape index (κ2) is 6.10. The number of pyridine rings is 1. The van der Waals surface area contributed by atoms with Gasteiger partial charge < -0.3 is 10.1 Å². The highest BCUT2D eigenvalue weighted by Gasteiger charge is 2.42. The van der Waals surface area contributed by atoms with Crippen LogP contribution in [0.15, 0.2) is 30.5 Å². The van der Waals surface area contributed by atoms with Crippen LogP contribution < -0.4 is 5.32 Å². The molecule has 2 unspecified atom stereocenters. The highest BCUT2D eigenvalue weighted by molar-refractivity contribution is 6.30. The zero-order valence-electron chi connectivity index (χ0n) is 13.5. The molecule has 4 rings (SSSR count). The van der Waals surface area contributed by atoms with Gasteiger partial charge in [-0.1, -0.05) is 17.7 Å². The van der Waals surface area contributed by atoms with Gasteiger partial charge in [-0.05, 0) is 61.8 Å². The SMILES string of the molecule is CCOC(=O)c1cnc(Nc2cccc(Cl)c2)c2c1C1CCC2C1. The second-order valence-electron chi connectivity index (χ2n) is 6.41. The van der Waals surface area contributed by atoms with Crippen LogP contribution in [0.5, 0.6) is 0 Å². The number of anilines is 2. The number of rotatable bonds is 4. The minimum absolute atomic E-state index is 0.261. The van der Waals surface area contributed by atoms with Crippen LogP contribution in [0.2, 0.25) is 5.02 Å². The van der Waals surface area contributed by atoms with Gasteiger partial charge in [0.1, 0.15) is 5.82 Å². The number of esters is 1. The molecule has 1 N–H and O–H groups in total. The molecule has 2 bridgehead atoms. The van der Waals surface area contributed by atoms with E-state index >= 15 is 0 Å². The average Bonchev–Trinajstić information content (AvgIpc) is 3.17. The van der Waals surface area contributed by atoms with Gasteiger partial charge in [-0.3, -0.25) is 0 Å². The fourth-order valence-electron chi connectivity index (χ4n) is 4.07. The molecule has 1 aromatic carbocycles. The first kappa shape index (κ1) is 15.5. The molecule has 1 aromatic heterocycles. The Morgan fingerprint density at radius 3 is 2.88 bits per heavy atom. The van der Waals surface area contributed by atoms with Crippen molar-refractivity contribution in [2.75, 3.05) is 11.9 Å². The number of hydrogen-bond donors (Lipinski definition) is 1. The lowest BCUT2D eigenvalue weighted by Gasteiger charge is -2.21. The highest BCUT2D eigenvalue weighted by Crippen LogP contribution is 2.56. The van der Waals surface area contributed by atoms with Crippen molar-refractivity contribution >= 4 is 29.1 Å². The highest BCUT2D eigenvalue weighted by atomic mass is 35.5. The second-order valence-corrected chi connectivity index (χ2v) is 6.85. The Morgan fingerprint density at radius 1 is 1.33 bits per heavy atom. The summed E-state index contributed by atoms with van der Waals surface area (Å²) in [4.78, 5) is 16.8. The van der Waals surface area contributed by atoms with Crippen LogP contribution in [0.25, 0.3) is 0 Å². The molecular formula is C19H19ClN2O2. The Kier molecular flexibility index (Phi) is 3.93. The van der Waals surface area contributed by atoms with Crippen molar-refractivity contribution in [2.24, 2.45) is 0 Å². The third-order valence-electron chi connectivity index (χ3n) is 4.99. The van der Waals surface area contributed by atoms with Crippen molar-refractivity contribution in [3.8, 4) is 0 Å². The van der Waals surface area contributed by atoms with Crippen molar-refractivity contribution in [1.29, 1.82) is 0 Å². The fourth-order valence-corrected chi connectivity index (χ4v) is 4.26. The number of carbonyl (C=O) groups excluding carboxylic acids is 1. The van der Waals surface area contributed by atoms with Gasteiger partial charge in [0.05, 0.1) is 12.2 Å². The molecule has 1 saturated carbocycles. The molecule has 1 fully saturated rings. The van der Waals surface area contributed by atoms with E-state index in [2.05, 4.69) is 10.3 Å². The molecule has 4 nitrogen and oxygen atoms in total. The molecule has 2 aliphatic carbocycles. The number of nitrogens with one attached hydrogen (secondary N) is 1. The number of ether oxygens (including phenoxy) is 1. The normalized spacial score (nSPS) is 20.8. The average molecular weight is 343 g/mol. The van der Waals surface area contributed by atoms with Crippen LogP contribution in [0.1, 0.15) is 59.5 Å². The summed E-state index contributed by atoms with van der Waals surface area (Å²) in [6.07, 6.45) is 5.07. The molecular weight excluding hydrogens is 324 g/mol. The number of fused-ring (bicyclic) bond motifs is 5. The third-order valence-corrected chi connectivity index (χ3v) is 5.23. The maximum absolute atomic E-state index is 12.3. The molecule has 0 aliphatic heterocycles. The summed E-state index contributed by atoms with van der Waals surface area (Å²) in [5.74, 6) is 1.51. The molecule has 0 saturated heterocycles. The minimum Gasteiger partial charge on any atom is -0.462 e. The molecule has 0 spiro atoms. The summed E-state index contributed by atoms with van der Waals surface area (Å²) in [5.41, 5.74) is 3.88. The zero-order chi connectivity index (χ0) is 16.7. The molecule has 2 aliphatic rings. The van der Waals surface area contributed by atoms with Crippen molar-refractivity contribution in [2.45, 2.75) is 38.0 Å². The lowest BCUT2D eigenvalue weighted by molar-refractivity contribution is 0.0524. The number of halogens is 1. The first-order valence-corrected chi connectivity index (χ1v) is 8.77. The van der Waals surface area contributed by atoms with E-state index in [1.54, 1.807) is 6.20 Å². The summed E-state index contributed by atoms with van der Waals surface area (Å²) in [6.45, 7) is 2.21. The van der Waals surface area contributed by atoms with E-state index < -0.39 is 0 Å². The monoisotopic (exact) mass is 342 g/mol. The van der Waals surface area contributed by atoms with E-state index in [0.717, 1.165) is 36.3 Å². The zero-order valence-corrected chi connectivity index (χ0v) is 14.3. The Hall–Kier alpha value is -2.07. The van der Waals surface area contributed by atoms with Crippen LogP contribution in [0.4, 0.5) is 11.5 Å². The summed E-state index contributed by atoms with van der Waals surface area (Å²) < 4.78 is 5.22. The number of carbonyl (C=O) groups is 1. The maximum atomic E-state index is 12.3. The van der Waals surface area contributed by atoms with Crippen molar-refractivity contribution in [3.63, 3.8) is 0 Å². The topological polar surface area (TPSA) is 51.2 Å². The molecule has 0 amide bonds. The predicted molar refractivity (Wildman–Crippen MR) is 94.3 cm³/mol. The van der Waals surface area contributed by atoms with Gasteiger partial charge in [-0.2, -0.15) is 0 Å². The van der Waals surface area contributed by atoms with E-state index in [4.69, 9.17) is 16.3 Å². The van der Waals surface area contributed by atoms with Gasteiger partial charge in [0.2, 0.25) is 0 Å². The quantitative estimate of drug-likeness (QED) is 0.792. The Morgan fingerprint density at radius 2 is 2.12 bits per heavy atom. The predicted octanol–water partition coefficient (Wildman–Crippen LogP) is 5.02. The molecule has 2 atom stereocenters. The lowest BCUT2D eigenvalue weighted by atomic mass is 9.89. The third kappa shape index (κ3) is 2.55. The number of hydrogen-bond acceptors (Lipinski definition) is 4. The van der Waals surface area contributed by atoms with Crippen LogP contribution in [-0.2, 0) is 4.74 Å². The van der Waals surface area contributed by atoms with Gasteiger partial charge in [0, 0.05) is 22.5 Å². The molecule has 0 radical (unpaired) electrons. The van der Waals surface area contributed by atoms with Gasteiger partial charge in [0.15, 0.2) is 0 Å². The number of nitrogens with zero attached hydrogens (tertiary/aromatic N) is 1. The van der Waals surface area contributed by atoms with Crippen LogP contribution in [0.3, 0.4) is 0 Å². The molecule has 2 aromatic rings. The van der Waals surface area contributed by atoms with E-state index in [9.17, 15) is 4.79 Å². The van der Waals surface area contributed by atoms with E-state index in [-0.39, 0.29) is 5.97 Å². The fraction of sp³-hybridized carbons (Fsp3) is 0.368. The number of aromatic nitrogens is 1. The maximum Gasteiger partial charge on any atom is 0.339 e. The molecule has 5 heteroatoms. The molecule has 124 valence electrons. The lowest BCUT2D eigenvalue weighted by Crippen LogP contribution is -2.14.